The highest BCUT2D eigenvalue weighted by molar-refractivity contribution is 5.42. The topological polar surface area (TPSA) is 3.24 Å². The number of allylic oxidation sites excluding steroid dienone is 2. The predicted octanol–water partition coefficient (Wildman–Crippen LogP) is 10.8. The highest BCUT2D eigenvalue weighted by Gasteiger charge is 2.24. The number of rotatable bonds is 9. The van der Waals surface area contributed by atoms with Gasteiger partial charge in [-0.3, -0.25) is 0 Å². The van der Waals surface area contributed by atoms with E-state index in [1.807, 2.05) is 66.7 Å². The van der Waals surface area contributed by atoms with E-state index in [-0.39, 0.29) is 0 Å². The molecule has 0 saturated carbocycles. The molecular weight excluding hydrogens is 494 g/mol. The van der Waals surface area contributed by atoms with Crippen LogP contribution in [0.5, 0.6) is 0 Å². The fourth-order valence-electron chi connectivity index (χ4n) is 4.20. The first-order chi connectivity index (χ1) is 19.9. The largest absolute Gasteiger partial charge is 0.300 e. The molecule has 0 aliphatic carbocycles. The van der Waals surface area contributed by atoms with Gasteiger partial charge in [-0.15, -0.1) is 6.58 Å². The van der Waals surface area contributed by atoms with Crippen LogP contribution >= 0.6 is 0 Å². The number of likely N-dealkylation sites (tertiary alicyclic amines) is 1. The summed E-state index contributed by atoms with van der Waals surface area (Å²) in [7, 11) is 0. The second kappa shape index (κ2) is 23.4. The van der Waals surface area contributed by atoms with E-state index in [2.05, 4.69) is 88.8 Å². The van der Waals surface area contributed by atoms with Gasteiger partial charge in [0.25, 0.3) is 0 Å². The fourth-order valence-corrected chi connectivity index (χ4v) is 4.20. The summed E-state index contributed by atoms with van der Waals surface area (Å²) in [6.45, 7) is 21.1. The molecule has 1 nitrogen and oxygen atoms in total. The van der Waals surface area contributed by atoms with Gasteiger partial charge in [0.15, 0.2) is 0 Å². The first kappa shape index (κ1) is 35.7. The van der Waals surface area contributed by atoms with Crippen LogP contribution in [0.1, 0.15) is 94.9 Å². The summed E-state index contributed by atoms with van der Waals surface area (Å²) in [5.74, 6) is 6.22. The molecule has 1 heteroatoms. The molecule has 1 atom stereocenters. The first-order valence-electron chi connectivity index (χ1n) is 15.6. The molecule has 4 rings (SSSR count). The third-order valence-electron chi connectivity index (χ3n) is 6.82. The maximum absolute atomic E-state index is 3.87. The molecule has 41 heavy (non-hydrogen) atoms. The number of benzene rings is 3. The molecule has 1 saturated heterocycles. The number of hydrogen-bond donors (Lipinski definition) is 0. The zero-order valence-corrected chi connectivity index (χ0v) is 26.7. The molecule has 0 bridgehead atoms. The van der Waals surface area contributed by atoms with Gasteiger partial charge >= 0.3 is 0 Å². The summed E-state index contributed by atoms with van der Waals surface area (Å²) in [6, 6.07) is 29.5. The lowest BCUT2D eigenvalue weighted by Gasteiger charge is -2.40. The maximum Gasteiger partial charge on any atom is 0.0249 e. The van der Waals surface area contributed by atoms with Gasteiger partial charge in [-0.2, -0.15) is 0 Å². The van der Waals surface area contributed by atoms with E-state index in [9.17, 15) is 0 Å². The van der Waals surface area contributed by atoms with Crippen LogP contribution in [0.15, 0.2) is 110 Å². The maximum atomic E-state index is 3.87. The Morgan fingerprint density at radius 1 is 0.829 bits per heavy atom. The molecule has 220 valence electrons. The highest BCUT2D eigenvalue weighted by atomic mass is 15.2. The van der Waals surface area contributed by atoms with Gasteiger partial charge in [-0.1, -0.05) is 136 Å². The summed E-state index contributed by atoms with van der Waals surface area (Å²) in [4.78, 5) is 2.61. The Balaban J connectivity index is 0.000000284. The molecule has 3 aromatic carbocycles. The standard InChI is InChI=1S/C14H10.C11H14.C9H19N.C6H12/c1-3-7-13(8-4-1)11-12-14-9-5-2-6-10-14;1-9(2)8-11-6-4-10(3)5-7-11;1-3-5-7-10-8-6-9(10)4-2;1-3-5-6-4-2/h1-10H;4-7H,1,8H2,2-3H3;9H,3-8H2,1-2H3;3H,1,4-6H2,2H3. The zero-order valence-electron chi connectivity index (χ0n) is 26.7. The van der Waals surface area contributed by atoms with Crippen molar-refractivity contribution in [3.05, 3.63) is 132 Å². The van der Waals surface area contributed by atoms with Gasteiger partial charge in [0.05, 0.1) is 0 Å². The number of unbranched alkanes of at least 4 members (excludes halogenated alkanes) is 3. The minimum Gasteiger partial charge on any atom is -0.300 e. The van der Waals surface area contributed by atoms with Gasteiger partial charge in [0, 0.05) is 17.2 Å². The van der Waals surface area contributed by atoms with Crippen LogP contribution < -0.4 is 0 Å². The Labute approximate surface area is 253 Å². The van der Waals surface area contributed by atoms with Gasteiger partial charge < -0.3 is 4.90 Å². The van der Waals surface area contributed by atoms with Crippen molar-refractivity contribution >= 4 is 0 Å². The van der Waals surface area contributed by atoms with Crippen LogP contribution in [0.25, 0.3) is 0 Å². The molecule has 1 aliphatic heterocycles. The van der Waals surface area contributed by atoms with Crippen molar-refractivity contribution in [3.63, 3.8) is 0 Å². The quantitative estimate of drug-likeness (QED) is 0.146. The first-order valence-corrected chi connectivity index (χ1v) is 15.6. The molecule has 0 amide bonds. The summed E-state index contributed by atoms with van der Waals surface area (Å²) in [5.41, 5.74) is 5.99. The van der Waals surface area contributed by atoms with Crippen molar-refractivity contribution in [2.24, 2.45) is 0 Å². The smallest absolute Gasteiger partial charge is 0.0249 e. The number of nitrogens with zero attached hydrogens (tertiary/aromatic N) is 1. The van der Waals surface area contributed by atoms with E-state index in [0.29, 0.717) is 0 Å². The van der Waals surface area contributed by atoms with Gasteiger partial charge in [0.1, 0.15) is 0 Å². The van der Waals surface area contributed by atoms with E-state index < -0.39 is 0 Å². The molecule has 0 radical (unpaired) electrons. The average molecular weight is 550 g/mol. The Morgan fingerprint density at radius 3 is 1.73 bits per heavy atom. The van der Waals surface area contributed by atoms with Crippen molar-refractivity contribution in [1.29, 1.82) is 0 Å². The van der Waals surface area contributed by atoms with Crippen LogP contribution in [-0.4, -0.2) is 24.0 Å². The Bertz CT molecular complexity index is 1070. The SMILES string of the molecule is C(#Cc1ccccc1)c1ccccc1.C=C(C)Cc1ccc(C)cc1.C=CCCCC.CCCCN1CCC1CC. The molecule has 3 aromatic rings. The van der Waals surface area contributed by atoms with Crippen LogP contribution in [0, 0.1) is 18.8 Å². The van der Waals surface area contributed by atoms with Crippen molar-refractivity contribution < 1.29 is 0 Å². The number of hydrogen-bond acceptors (Lipinski definition) is 1. The van der Waals surface area contributed by atoms with Crippen molar-refractivity contribution in [2.45, 2.75) is 92.0 Å². The van der Waals surface area contributed by atoms with Crippen molar-refractivity contribution in [3.8, 4) is 11.8 Å². The van der Waals surface area contributed by atoms with Crippen LogP contribution in [-0.2, 0) is 6.42 Å². The lowest BCUT2D eigenvalue weighted by molar-refractivity contribution is 0.0862. The monoisotopic (exact) mass is 549 g/mol. The molecule has 1 heterocycles. The Morgan fingerprint density at radius 2 is 1.37 bits per heavy atom. The molecule has 0 N–H and O–H groups in total. The zero-order chi connectivity index (χ0) is 30.1. The molecule has 0 spiro atoms. The van der Waals surface area contributed by atoms with E-state index in [1.54, 1.807) is 0 Å². The Kier molecular flexibility index (Phi) is 20.3. The van der Waals surface area contributed by atoms with E-state index in [1.165, 1.54) is 74.7 Å². The minimum atomic E-state index is 0.937. The Hall–Kier alpha value is -3.34. The molecule has 1 fully saturated rings. The predicted molar refractivity (Wildman–Crippen MR) is 183 cm³/mol. The third-order valence-corrected chi connectivity index (χ3v) is 6.82. The average Bonchev–Trinajstić information content (AvgIpc) is 2.98. The van der Waals surface area contributed by atoms with Crippen molar-refractivity contribution in [1.82, 2.24) is 4.90 Å². The summed E-state index contributed by atoms with van der Waals surface area (Å²) < 4.78 is 0. The van der Waals surface area contributed by atoms with Crippen molar-refractivity contribution in [2.75, 3.05) is 13.1 Å². The van der Waals surface area contributed by atoms with E-state index >= 15 is 0 Å². The molecule has 1 aliphatic rings. The van der Waals surface area contributed by atoms with E-state index in [0.717, 1.165) is 23.6 Å². The third kappa shape index (κ3) is 17.9. The second-order valence-electron chi connectivity index (χ2n) is 10.8. The number of aryl methyl sites for hydroxylation is 1. The van der Waals surface area contributed by atoms with Gasteiger partial charge in [-0.25, -0.2) is 0 Å². The van der Waals surface area contributed by atoms with E-state index in [4.69, 9.17) is 0 Å². The fraction of sp³-hybridized carbons (Fsp3) is 0.400. The minimum absolute atomic E-state index is 0.937. The van der Waals surface area contributed by atoms with Crippen LogP contribution in [0.4, 0.5) is 0 Å². The van der Waals surface area contributed by atoms with Gasteiger partial charge in [0.2, 0.25) is 0 Å². The summed E-state index contributed by atoms with van der Waals surface area (Å²) >= 11 is 0. The molecular formula is C40H55N. The second-order valence-corrected chi connectivity index (χ2v) is 10.8. The molecule has 0 aromatic heterocycles. The van der Waals surface area contributed by atoms with Gasteiger partial charge in [-0.05, 0) is 88.9 Å². The summed E-state index contributed by atoms with van der Waals surface area (Å²) in [5, 5.41) is 0. The normalized spacial score (nSPS) is 13.2. The molecule has 1 unspecified atom stereocenters. The summed E-state index contributed by atoms with van der Waals surface area (Å²) in [6.07, 6.45) is 12.2. The van der Waals surface area contributed by atoms with Crippen LogP contribution in [0.2, 0.25) is 0 Å². The highest BCUT2D eigenvalue weighted by Crippen LogP contribution is 2.20. The lowest BCUT2D eigenvalue weighted by Crippen LogP contribution is -2.47. The lowest BCUT2D eigenvalue weighted by atomic mass is 10.0. The van der Waals surface area contributed by atoms with Crippen LogP contribution in [0.3, 0.4) is 0 Å².